The second-order valence-electron chi connectivity index (χ2n) is 8.69. The monoisotopic (exact) mass is 446 g/mol. The molecule has 3 aromatic rings. The normalized spacial score (nSPS) is 12.8. The Morgan fingerprint density at radius 1 is 1.00 bits per heavy atom. The molecule has 2 unspecified atom stereocenters. The van der Waals surface area contributed by atoms with Gasteiger partial charge in [0.25, 0.3) is 5.56 Å². The van der Waals surface area contributed by atoms with E-state index >= 15 is 0 Å². The maximum absolute atomic E-state index is 13.3. The van der Waals surface area contributed by atoms with E-state index in [0.717, 1.165) is 16.7 Å². The molecule has 0 radical (unpaired) electrons. The molecule has 0 fully saturated rings. The number of carbonyl (C=O) groups is 2. The van der Waals surface area contributed by atoms with Crippen molar-refractivity contribution in [2.24, 2.45) is 5.92 Å². The molecule has 0 aliphatic carbocycles. The van der Waals surface area contributed by atoms with Gasteiger partial charge in [0.1, 0.15) is 6.04 Å². The number of benzene rings is 2. The molecule has 0 aliphatic rings. The van der Waals surface area contributed by atoms with Crippen molar-refractivity contribution in [3.63, 3.8) is 0 Å². The molecule has 0 aliphatic heterocycles. The molecule has 0 saturated heterocycles. The van der Waals surface area contributed by atoms with Gasteiger partial charge in [0, 0.05) is 12.3 Å². The van der Waals surface area contributed by atoms with Gasteiger partial charge in [0.05, 0.1) is 12.5 Å². The number of aromatic nitrogens is 1. The number of rotatable bonds is 9. The first-order chi connectivity index (χ1) is 15.8. The predicted octanol–water partition coefficient (Wildman–Crippen LogP) is 4.74. The van der Waals surface area contributed by atoms with Crippen molar-refractivity contribution >= 4 is 11.9 Å². The quantitative estimate of drug-likeness (QED) is 0.497. The molecule has 3 rings (SSSR count). The van der Waals surface area contributed by atoms with Gasteiger partial charge >= 0.3 is 5.97 Å². The number of hydrogen-bond donors (Lipinski definition) is 2. The van der Waals surface area contributed by atoms with Gasteiger partial charge in [0.15, 0.2) is 0 Å². The summed E-state index contributed by atoms with van der Waals surface area (Å²) in [4.78, 5) is 37.4. The van der Waals surface area contributed by atoms with Crippen molar-refractivity contribution in [3.8, 4) is 11.1 Å². The average molecular weight is 447 g/mol. The molecule has 172 valence electrons. The van der Waals surface area contributed by atoms with Crippen LogP contribution in [0.1, 0.15) is 49.9 Å². The summed E-state index contributed by atoms with van der Waals surface area (Å²) in [5, 5.41) is 12.4. The van der Waals surface area contributed by atoms with Crippen molar-refractivity contribution in [2.75, 3.05) is 0 Å². The van der Waals surface area contributed by atoms with Crippen LogP contribution in [-0.4, -0.2) is 21.6 Å². The van der Waals surface area contributed by atoms with Crippen LogP contribution in [0.4, 0.5) is 0 Å². The standard InChI is InChI=1S/C27H30N2O4/c1-18(2)15-24(29-14-7-6-13-25(29)30)27(33)28-23(17-26(31)32)21-11-8-10-20(16-21)22-12-5-4-9-19(22)3/h4-14,16,18,23-24H,15,17H2,1-3H3,(H,28,33)(H,31,32). The van der Waals surface area contributed by atoms with Gasteiger partial charge in [-0.3, -0.25) is 14.4 Å². The fraction of sp³-hybridized carbons (Fsp3) is 0.296. The summed E-state index contributed by atoms with van der Waals surface area (Å²) in [6, 6.07) is 18.8. The summed E-state index contributed by atoms with van der Waals surface area (Å²) in [5.41, 5.74) is 3.54. The predicted molar refractivity (Wildman–Crippen MR) is 129 cm³/mol. The Bertz CT molecular complexity index is 1180. The summed E-state index contributed by atoms with van der Waals surface area (Å²) in [5.74, 6) is -1.22. The summed E-state index contributed by atoms with van der Waals surface area (Å²) in [7, 11) is 0. The molecule has 2 atom stereocenters. The molecule has 33 heavy (non-hydrogen) atoms. The number of pyridine rings is 1. The molecule has 0 spiro atoms. The minimum Gasteiger partial charge on any atom is -0.481 e. The molecular weight excluding hydrogens is 416 g/mol. The fourth-order valence-electron chi connectivity index (χ4n) is 4.01. The van der Waals surface area contributed by atoms with Gasteiger partial charge in [-0.05, 0) is 53.6 Å². The van der Waals surface area contributed by atoms with Gasteiger partial charge in [-0.25, -0.2) is 0 Å². The smallest absolute Gasteiger partial charge is 0.305 e. The lowest BCUT2D eigenvalue weighted by Gasteiger charge is -2.25. The van der Waals surface area contributed by atoms with Crippen molar-refractivity contribution in [3.05, 3.63) is 94.4 Å². The molecule has 1 heterocycles. The fourth-order valence-corrected chi connectivity index (χ4v) is 4.01. The van der Waals surface area contributed by atoms with Crippen molar-refractivity contribution in [1.29, 1.82) is 0 Å². The van der Waals surface area contributed by atoms with Gasteiger partial charge in [0.2, 0.25) is 5.91 Å². The van der Waals surface area contributed by atoms with E-state index in [2.05, 4.69) is 5.32 Å². The number of nitrogens with one attached hydrogen (secondary N) is 1. The SMILES string of the molecule is Cc1ccccc1-c1cccc(C(CC(=O)O)NC(=O)C(CC(C)C)n2ccccc2=O)c1. The van der Waals surface area contributed by atoms with Crippen LogP contribution in [0.25, 0.3) is 11.1 Å². The molecule has 0 saturated carbocycles. The topological polar surface area (TPSA) is 88.4 Å². The first-order valence-electron chi connectivity index (χ1n) is 11.1. The zero-order valence-corrected chi connectivity index (χ0v) is 19.2. The first kappa shape index (κ1) is 24.0. The Hall–Kier alpha value is -3.67. The molecule has 1 aromatic heterocycles. The zero-order chi connectivity index (χ0) is 24.0. The Morgan fingerprint density at radius 2 is 1.73 bits per heavy atom. The number of carbonyl (C=O) groups excluding carboxylic acids is 1. The second-order valence-corrected chi connectivity index (χ2v) is 8.69. The highest BCUT2D eigenvalue weighted by atomic mass is 16.4. The Morgan fingerprint density at radius 3 is 2.39 bits per heavy atom. The summed E-state index contributed by atoms with van der Waals surface area (Å²) in [6.07, 6.45) is 1.79. The zero-order valence-electron chi connectivity index (χ0n) is 19.2. The number of hydrogen-bond acceptors (Lipinski definition) is 3. The van der Waals surface area contributed by atoms with Crippen LogP contribution in [-0.2, 0) is 9.59 Å². The minimum atomic E-state index is -1.01. The molecule has 0 bridgehead atoms. The summed E-state index contributed by atoms with van der Waals surface area (Å²) in [6.45, 7) is 5.98. The van der Waals surface area contributed by atoms with Crippen LogP contribution in [0.2, 0.25) is 0 Å². The third-order valence-corrected chi connectivity index (χ3v) is 5.62. The van der Waals surface area contributed by atoms with Crippen molar-refractivity contribution < 1.29 is 14.7 Å². The number of carboxylic acid groups (broad SMARTS) is 1. The summed E-state index contributed by atoms with van der Waals surface area (Å²) < 4.78 is 1.41. The van der Waals surface area contributed by atoms with Gasteiger partial charge in [-0.15, -0.1) is 0 Å². The second kappa shape index (κ2) is 10.8. The molecule has 6 heteroatoms. The van der Waals surface area contributed by atoms with Crippen molar-refractivity contribution in [1.82, 2.24) is 9.88 Å². The highest BCUT2D eigenvalue weighted by molar-refractivity contribution is 5.82. The average Bonchev–Trinajstić information content (AvgIpc) is 2.77. The van der Waals surface area contributed by atoms with Gasteiger partial charge < -0.3 is 15.0 Å². The third-order valence-electron chi connectivity index (χ3n) is 5.62. The Balaban J connectivity index is 1.95. The lowest BCUT2D eigenvalue weighted by atomic mass is 9.95. The largest absolute Gasteiger partial charge is 0.481 e. The van der Waals surface area contributed by atoms with E-state index in [1.165, 1.54) is 10.6 Å². The molecule has 2 N–H and O–H groups in total. The summed E-state index contributed by atoms with van der Waals surface area (Å²) >= 11 is 0. The van der Waals surface area contributed by atoms with E-state index in [1.807, 2.05) is 69.3 Å². The minimum absolute atomic E-state index is 0.162. The molecule has 6 nitrogen and oxygen atoms in total. The van der Waals surface area contributed by atoms with E-state index in [-0.39, 0.29) is 23.8 Å². The van der Waals surface area contributed by atoms with E-state index in [4.69, 9.17) is 0 Å². The van der Waals surface area contributed by atoms with Crippen LogP contribution < -0.4 is 10.9 Å². The number of amides is 1. The highest BCUT2D eigenvalue weighted by Gasteiger charge is 2.26. The van der Waals surface area contributed by atoms with E-state index < -0.39 is 18.1 Å². The van der Waals surface area contributed by atoms with Gasteiger partial charge in [-0.1, -0.05) is 62.4 Å². The number of aryl methyl sites for hydroxylation is 1. The number of aliphatic carboxylic acids is 1. The maximum Gasteiger partial charge on any atom is 0.305 e. The number of nitrogens with zero attached hydrogens (tertiary/aromatic N) is 1. The van der Waals surface area contributed by atoms with Crippen molar-refractivity contribution in [2.45, 2.75) is 45.7 Å². The van der Waals surface area contributed by atoms with Crippen LogP contribution in [0.15, 0.2) is 77.7 Å². The Kier molecular flexibility index (Phi) is 7.83. The van der Waals surface area contributed by atoms with Gasteiger partial charge in [-0.2, -0.15) is 0 Å². The molecule has 1 amide bonds. The highest BCUT2D eigenvalue weighted by Crippen LogP contribution is 2.28. The lowest BCUT2D eigenvalue weighted by Crippen LogP contribution is -2.39. The van der Waals surface area contributed by atoms with Crippen LogP contribution in [0.5, 0.6) is 0 Å². The van der Waals surface area contributed by atoms with E-state index in [1.54, 1.807) is 18.3 Å². The van der Waals surface area contributed by atoms with Crippen LogP contribution in [0.3, 0.4) is 0 Å². The maximum atomic E-state index is 13.3. The molecular formula is C27H30N2O4. The molecule has 2 aromatic carbocycles. The third kappa shape index (κ3) is 6.19. The first-order valence-corrected chi connectivity index (χ1v) is 11.1. The van der Waals surface area contributed by atoms with Crippen LogP contribution in [0, 0.1) is 12.8 Å². The van der Waals surface area contributed by atoms with E-state index in [9.17, 15) is 19.5 Å². The Labute approximate surface area is 193 Å². The number of carboxylic acids is 1. The van der Waals surface area contributed by atoms with Crippen LogP contribution >= 0.6 is 0 Å². The van der Waals surface area contributed by atoms with E-state index in [0.29, 0.717) is 12.0 Å². The lowest BCUT2D eigenvalue weighted by molar-refractivity contribution is -0.138.